The minimum absolute atomic E-state index is 0.00928. The Bertz CT molecular complexity index is 2470. The predicted molar refractivity (Wildman–Crippen MR) is 297 cm³/mol. The highest BCUT2D eigenvalue weighted by Gasteiger charge is 2.74. The number of methoxy groups -OCH3 is 3. The number of amides is 2. The molecule has 6 saturated heterocycles. The highest BCUT2D eigenvalue weighted by atomic mass is 35.5. The van der Waals surface area contributed by atoms with E-state index in [1.54, 1.807) is 51.7 Å². The fourth-order valence-electron chi connectivity index (χ4n) is 12.9. The van der Waals surface area contributed by atoms with Crippen LogP contribution in [0.15, 0.2) is 83.6 Å². The quantitative estimate of drug-likeness (QED) is 0.0289. The van der Waals surface area contributed by atoms with E-state index in [9.17, 15) is 24.0 Å². The van der Waals surface area contributed by atoms with E-state index in [1.807, 2.05) is 0 Å². The molecule has 3 spiro atoms. The zero-order valence-electron chi connectivity index (χ0n) is 48.8. The van der Waals surface area contributed by atoms with Gasteiger partial charge in [-0.25, -0.2) is 14.4 Å². The fourth-order valence-corrected chi connectivity index (χ4v) is 13.0. The first-order chi connectivity index (χ1) is 37.9. The number of alkyl carbamates (subject to hydrolysis) is 1. The maximum atomic E-state index is 12.4. The number of rotatable bonds is 20. The first-order valence-corrected chi connectivity index (χ1v) is 28.6. The van der Waals surface area contributed by atoms with Gasteiger partial charge in [-0.1, -0.05) is 71.4 Å². The number of esters is 1. The van der Waals surface area contributed by atoms with E-state index in [2.05, 4.69) is 85.9 Å². The van der Waals surface area contributed by atoms with Crippen LogP contribution in [0.25, 0.3) is 0 Å². The molecule has 9 rings (SSSR count). The van der Waals surface area contributed by atoms with E-state index in [0.29, 0.717) is 32.5 Å². The summed E-state index contributed by atoms with van der Waals surface area (Å²) >= 11 is 5.42. The van der Waals surface area contributed by atoms with Crippen molar-refractivity contribution in [3.8, 4) is 0 Å². The molecule has 0 aromatic heterocycles. The maximum Gasteiger partial charge on any atom is 0.414 e. The van der Waals surface area contributed by atoms with Gasteiger partial charge in [0.15, 0.2) is 5.78 Å². The molecule has 3 aliphatic carbocycles. The Kier molecular flexibility index (Phi) is 20.6. The standard InChI is InChI=1S/C26H34O7.C19H28ClNO6.C16H24O4/c1-18(2)13-14-20-25(3,33-20)24-23(30-4)19(15-16-26(24)17-31-26)32-22(29)12-10-8-6-5-7-9-11-21(27)28;1-11(2)5-6-13-18(3,27-13)16-15(24-4)12(7-8-19(16)10-25-19)26-17(23)21-14(22)9-20;1-10(2)5-6-12-15(3,20-12)14-13(18-4)11(17)7-8-16(14)9-19-16/h5-13,19-20,23-24H,14-17H2,1-4H3,(H,27,28);5,12-13,15-16H,6-10H2,1-4H3,(H,21,22,23);5,12-14H,6-9H2,1-4H3/b7-5+,8-6+,11-9+,12-10+;;/t19-,20-,23-,24-,25+,26+;12-,13-,15-,16-,18+,19+;12-,13-,14-,15+,16+/m111/s1. The van der Waals surface area contributed by atoms with Gasteiger partial charge in [-0.05, 0) is 114 Å². The first kappa shape index (κ1) is 63.2. The van der Waals surface area contributed by atoms with E-state index in [-0.39, 0.29) is 100 Å². The predicted octanol–water partition coefficient (Wildman–Crippen LogP) is 8.73. The number of carbonyl (C=O) groups is 5. The zero-order chi connectivity index (χ0) is 58.4. The van der Waals surface area contributed by atoms with Crippen LogP contribution in [0.3, 0.4) is 0 Å². The third kappa shape index (κ3) is 14.9. The Morgan fingerprint density at radius 2 is 1.00 bits per heavy atom. The monoisotopic (exact) mass is 1140 g/mol. The van der Waals surface area contributed by atoms with Crippen LogP contribution >= 0.6 is 11.6 Å². The van der Waals surface area contributed by atoms with E-state index < -0.39 is 35.6 Å². The van der Waals surface area contributed by atoms with E-state index in [4.69, 9.17) is 68.8 Å². The smallest absolute Gasteiger partial charge is 0.414 e. The second-order valence-electron chi connectivity index (χ2n) is 23.9. The van der Waals surface area contributed by atoms with Crippen LogP contribution in [0, 0.1) is 17.8 Å². The van der Waals surface area contributed by atoms with Crippen molar-refractivity contribution in [2.45, 2.75) is 203 Å². The number of aliphatic carboxylic acids is 1. The number of nitrogens with one attached hydrogen (secondary N) is 1. The summed E-state index contributed by atoms with van der Waals surface area (Å²) in [5, 5.41) is 10.6. The van der Waals surface area contributed by atoms with Crippen molar-refractivity contribution in [1.29, 1.82) is 0 Å². The number of ether oxygens (including phenoxy) is 11. The summed E-state index contributed by atoms with van der Waals surface area (Å²) in [5.41, 5.74) is 2.04. The van der Waals surface area contributed by atoms with Crippen molar-refractivity contribution >= 4 is 41.3 Å². The first-order valence-electron chi connectivity index (χ1n) is 28.0. The number of alkyl halides is 1. The van der Waals surface area contributed by atoms with Crippen molar-refractivity contribution in [1.82, 2.24) is 5.32 Å². The minimum atomic E-state index is -1.00. The number of ketones is 1. The molecule has 6 heterocycles. The molecule has 0 aromatic rings. The summed E-state index contributed by atoms with van der Waals surface area (Å²) in [6, 6.07) is 0. The molecule has 2 N–H and O–H groups in total. The van der Waals surface area contributed by atoms with E-state index >= 15 is 0 Å². The van der Waals surface area contributed by atoms with Crippen LogP contribution in [0.4, 0.5) is 4.79 Å². The van der Waals surface area contributed by atoms with Gasteiger partial charge in [-0.15, -0.1) is 11.6 Å². The molecule has 0 unspecified atom stereocenters. The molecule has 18 nitrogen and oxygen atoms in total. The fraction of sp³-hybridized carbons (Fsp3) is 0.689. The number of carbonyl (C=O) groups excluding carboxylic acids is 4. The molecular weight excluding hydrogens is 1050 g/mol. The van der Waals surface area contributed by atoms with Crippen LogP contribution in [-0.2, 0) is 71.3 Å². The third-order valence-electron chi connectivity index (χ3n) is 17.5. The summed E-state index contributed by atoms with van der Waals surface area (Å²) < 4.78 is 64.2. The van der Waals surface area contributed by atoms with Crippen molar-refractivity contribution in [3.05, 3.63) is 83.6 Å². The Balaban J connectivity index is 0.000000178. The number of imide groups is 1. The number of carboxylic acid groups (broad SMARTS) is 1. The largest absolute Gasteiger partial charge is 0.478 e. The van der Waals surface area contributed by atoms with Crippen LogP contribution in [0.1, 0.15) is 120 Å². The number of halogens is 1. The van der Waals surface area contributed by atoms with Gasteiger partial charge < -0.3 is 57.2 Å². The topological polar surface area (TPSA) is 239 Å². The lowest BCUT2D eigenvalue weighted by Gasteiger charge is -2.42. The summed E-state index contributed by atoms with van der Waals surface area (Å²) in [7, 11) is 4.88. The van der Waals surface area contributed by atoms with Gasteiger partial charge in [-0.3, -0.25) is 14.9 Å². The van der Waals surface area contributed by atoms with Crippen molar-refractivity contribution in [3.63, 3.8) is 0 Å². The molecule has 17 atom stereocenters. The number of carboxylic acids is 1. The van der Waals surface area contributed by atoms with Crippen LogP contribution in [0.2, 0.25) is 0 Å². The molecule has 6 aliphatic heterocycles. The van der Waals surface area contributed by atoms with Crippen molar-refractivity contribution in [2.75, 3.05) is 47.0 Å². The molecule has 19 heteroatoms. The van der Waals surface area contributed by atoms with Gasteiger partial charge in [0.1, 0.15) is 70.0 Å². The number of Topliss-reactive ketones (excluding diaryl/α,β-unsaturated/α-hetero) is 1. The molecule has 2 amide bonds. The Morgan fingerprint density at radius 1 is 0.600 bits per heavy atom. The molecule has 444 valence electrons. The summed E-state index contributed by atoms with van der Waals surface area (Å²) in [4.78, 5) is 58.2. The Hall–Kier alpha value is -4.34. The summed E-state index contributed by atoms with van der Waals surface area (Å²) in [6.07, 6.45) is 23.0. The number of hydrogen-bond donors (Lipinski definition) is 2. The van der Waals surface area contributed by atoms with Gasteiger partial charge in [0.2, 0.25) is 5.91 Å². The van der Waals surface area contributed by atoms with E-state index in [0.717, 1.165) is 51.2 Å². The lowest BCUT2D eigenvalue weighted by Crippen LogP contribution is -2.56. The molecule has 9 aliphatic rings. The molecule has 0 aromatic carbocycles. The summed E-state index contributed by atoms with van der Waals surface area (Å²) in [5.74, 6) is -2.18. The van der Waals surface area contributed by atoms with Crippen LogP contribution in [-0.4, -0.2) is 164 Å². The lowest BCUT2D eigenvalue weighted by molar-refractivity contribution is -0.166. The highest BCUT2D eigenvalue weighted by molar-refractivity contribution is 6.28. The van der Waals surface area contributed by atoms with Gasteiger partial charge in [0.25, 0.3) is 0 Å². The average molecular weight is 1140 g/mol. The summed E-state index contributed by atoms with van der Waals surface area (Å²) in [6.45, 7) is 20.9. The molecular formula is C61H86ClNO17. The molecule has 9 fully saturated rings. The van der Waals surface area contributed by atoms with Crippen molar-refractivity contribution < 1.29 is 81.2 Å². The third-order valence-corrected chi connectivity index (χ3v) is 17.7. The van der Waals surface area contributed by atoms with Gasteiger partial charge >= 0.3 is 18.0 Å². The average Bonchev–Trinajstić information content (AvgIpc) is 3.90. The Morgan fingerprint density at radius 3 is 1.39 bits per heavy atom. The molecule has 0 radical (unpaired) electrons. The minimum Gasteiger partial charge on any atom is -0.478 e. The number of epoxide rings is 6. The second-order valence-corrected chi connectivity index (χ2v) is 24.2. The van der Waals surface area contributed by atoms with Crippen molar-refractivity contribution in [2.24, 2.45) is 17.8 Å². The number of hydrogen-bond acceptors (Lipinski definition) is 16. The van der Waals surface area contributed by atoms with Crippen LogP contribution in [0.5, 0.6) is 0 Å². The SMILES string of the molecule is CO[C@@H]1C(=O)CC[C@]2(CO2)[C@H]1[C@@]1(C)O[C@@H]1CC=C(C)C.CO[C@@H]1[C@H](OC(=O)/C=C/C=C/C=C/C=C/C(=O)O)CC[C@]2(CO2)[C@H]1[C@@]1(C)O[C@@H]1CC=C(C)C.CO[C@@H]1[C@H](OC(=O)NC(=O)CCl)CC[C@]2(CO2)[C@H]1[C@@]1(C)O[C@@H]1CC=C(C)C. The lowest BCUT2D eigenvalue weighted by atomic mass is 9.68. The van der Waals surface area contributed by atoms with Gasteiger partial charge in [0, 0.05) is 39.9 Å². The second kappa shape index (κ2) is 26.1. The molecule has 3 saturated carbocycles. The normalized spacial score (nSPS) is 39.7. The van der Waals surface area contributed by atoms with E-state index in [1.165, 1.54) is 28.9 Å². The zero-order valence-corrected chi connectivity index (χ0v) is 49.5. The molecule has 80 heavy (non-hydrogen) atoms. The molecule has 0 bridgehead atoms. The highest BCUT2D eigenvalue weighted by Crippen LogP contribution is 2.62. The van der Waals surface area contributed by atoms with Gasteiger partial charge in [0.05, 0.1) is 55.9 Å². The maximum absolute atomic E-state index is 12.4. The van der Waals surface area contributed by atoms with Gasteiger partial charge in [-0.2, -0.15) is 0 Å². The Labute approximate surface area is 476 Å². The number of allylic oxidation sites excluding steroid dienone is 9. The van der Waals surface area contributed by atoms with Crippen LogP contribution < -0.4 is 5.32 Å².